The number of rotatable bonds is 8. The zero-order valence-electron chi connectivity index (χ0n) is 40.6. The summed E-state index contributed by atoms with van der Waals surface area (Å²) in [6.45, 7) is 9.41. The van der Waals surface area contributed by atoms with Crippen LogP contribution in [0.1, 0.15) is 49.9 Å². The van der Waals surface area contributed by atoms with E-state index in [1.165, 1.54) is 105 Å². The minimum atomic E-state index is -0.253. The SMILES string of the molecule is CC(C)(c1ccccc1)c1ccc2c(c1)N(c1ccccc1)c1cc(-c3c4ccccc4c(-c4ccccc4)c4ccccc34)cc3c1B2c1ccc(C(C)(C)c2ccccc2)cc1N3c1ccccc1. The van der Waals surface area contributed by atoms with Crippen molar-refractivity contribution in [2.45, 2.75) is 38.5 Å². The number of fused-ring (bicyclic) bond motifs is 6. The molecule has 71 heavy (non-hydrogen) atoms. The van der Waals surface area contributed by atoms with E-state index in [0.717, 1.165) is 11.4 Å². The highest BCUT2D eigenvalue weighted by molar-refractivity contribution is 7.00. The Bertz CT molecular complexity index is 3590. The molecule has 0 amide bonds. The van der Waals surface area contributed by atoms with Gasteiger partial charge in [0.25, 0.3) is 6.71 Å². The molecule has 13 rings (SSSR count). The van der Waals surface area contributed by atoms with Gasteiger partial charge in [0.15, 0.2) is 0 Å². The fourth-order valence-corrected chi connectivity index (χ4v) is 12.0. The van der Waals surface area contributed by atoms with E-state index in [9.17, 15) is 0 Å². The van der Waals surface area contributed by atoms with Gasteiger partial charge in [-0.15, -0.1) is 0 Å². The van der Waals surface area contributed by atoms with E-state index in [4.69, 9.17) is 0 Å². The number of hydrogen-bond acceptors (Lipinski definition) is 2. The Morgan fingerprint density at radius 1 is 0.296 bits per heavy atom. The zero-order valence-corrected chi connectivity index (χ0v) is 40.6. The van der Waals surface area contributed by atoms with Gasteiger partial charge in [-0.3, -0.25) is 0 Å². The summed E-state index contributed by atoms with van der Waals surface area (Å²) in [5.74, 6) is 0. The molecule has 0 aromatic heterocycles. The summed E-state index contributed by atoms with van der Waals surface area (Å²) >= 11 is 0. The molecule has 0 bridgehead atoms. The summed E-state index contributed by atoms with van der Waals surface area (Å²) in [5.41, 5.74) is 20.5. The minimum Gasteiger partial charge on any atom is -0.311 e. The third-order valence-corrected chi connectivity index (χ3v) is 15.8. The predicted molar refractivity (Wildman–Crippen MR) is 303 cm³/mol. The van der Waals surface area contributed by atoms with Gasteiger partial charge in [0, 0.05) is 45.0 Å². The van der Waals surface area contributed by atoms with Crippen LogP contribution in [-0.2, 0) is 10.8 Å². The Morgan fingerprint density at radius 2 is 0.634 bits per heavy atom. The van der Waals surface area contributed by atoms with Crippen LogP contribution in [-0.4, -0.2) is 6.71 Å². The van der Waals surface area contributed by atoms with Crippen LogP contribution < -0.4 is 26.2 Å². The molecule has 3 heteroatoms. The molecule has 0 atom stereocenters. The Labute approximate surface area is 418 Å². The lowest BCUT2D eigenvalue weighted by Gasteiger charge is -2.45. The summed E-state index contributed by atoms with van der Waals surface area (Å²) in [6.07, 6.45) is 0. The summed E-state index contributed by atoms with van der Waals surface area (Å²) in [4.78, 5) is 5.14. The first-order valence-electron chi connectivity index (χ1n) is 25.0. The highest BCUT2D eigenvalue weighted by atomic mass is 15.2. The van der Waals surface area contributed by atoms with E-state index < -0.39 is 0 Å². The van der Waals surface area contributed by atoms with Gasteiger partial charge >= 0.3 is 0 Å². The van der Waals surface area contributed by atoms with Crippen molar-refractivity contribution in [3.05, 3.63) is 271 Å². The molecule has 338 valence electrons. The molecule has 0 saturated carbocycles. The van der Waals surface area contributed by atoms with Gasteiger partial charge in [0.2, 0.25) is 0 Å². The van der Waals surface area contributed by atoms with Crippen molar-refractivity contribution in [2.24, 2.45) is 0 Å². The molecule has 11 aromatic carbocycles. The molecule has 0 fully saturated rings. The molecular weight excluding hydrogens is 856 g/mol. The molecule has 2 nitrogen and oxygen atoms in total. The Kier molecular flexibility index (Phi) is 10.0. The lowest BCUT2D eigenvalue weighted by atomic mass is 9.33. The van der Waals surface area contributed by atoms with Crippen LogP contribution in [0.2, 0.25) is 0 Å². The molecule has 0 N–H and O–H groups in total. The van der Waals surface area contributed by atoms with Crippen LogP contribution in [0.4, 0.5) is 34.1 Å². The van der Waals surface area contributed by atoms with Crippen molar-refractivity contribution >= 4 is 78.8 Å². The van der Waals surface area contributed by atoms with E-state index in [1.54, 1.807) is 0 Å². The van der Waals surface area contributed by atoms with Gasteiger partial charge in [-0.05, 0) is 131 Å². The van der Waals surface area contributed by atoms with Crippen LogP contribution in [0.3, 0.4) is 0 Å². The van der Waals surface area contributed by atoms with Gasteiger partial charge in [-0.25, -0.2) is 0 Å². The molecule has 2 aliphatic rings. The minimum absolute atomic E-state index is 0.0457. The second-order valence-electron chi connectivity index (χ2n) is 20.4. The largest absolute Gasteiger partial charge is 0.311 e. The second-order valence-corrected chi connectivity index (χ2v) is 20.4. The first-order chi connectivity index (χ1) is 34.8. The van der Waals surface area contributed by atoms with Crippen LogP contribution in [0.15, 0.2) is 249 Å². The monoisotopic (exact) mass is 908 g/mol. The number of anilines is 6. The lowest BCUT2D eigenvalue weighted by molar-refractivity contribution is 0.641. The average Bonchev–Trinajstić information content (AvgIpc) is 3.43. The van der Waals surface area contributed by atoms with Crippen LogP contribution in [0.5, 0.6) is 0 Å². The van der Waals surface area contributed by atoms with Gasteiger partial charge < -0.3 is 9.80 Å². The molecule has 0 radical (unpaired) electrons. The van der Waals surface area contributed by atoms with Crippen LogP contribution >= 0.6 is 0 Å². The molecule has 2 aliphatic heterocycles. The normalized spacial score (nSPS) is 13.0. The summed E-state index contributed by atoms with van der Waals surface area (Å²) in [7, 11) is 0. The Hall–Kier alpha value is -8.40. The highest BCUT2D eigenvalue weighted by Gasteiger charge is 2.45. The fourth-order valence-electron chi connectivity index (χ4n) is 12.0. The highest BCUT2D eigenvalue weighted by Crippen LogP contribution is 2.51. The third kappa shape index (κ3) is 6.78. The molecular formula is C68H53BN2. The van der Waals surface area contributed by atoms with Gasteiger partial charge in [0.1, 0.15) is 0 Å². The van der Waals surface area contributed by atoms with E-state index in [0.29, 0.717) is 0 Å². The second kappa shape index (κ2) is 16.6. The molecule has 0 unspecified atom stereocenters. The molecule has 0 spiro atoms. The Morgan fingerprint density at radius 3 is 1.03 bits per heavy atom. The maximum Gasteiger partial charge on any atom is 0.252 e. The molecule has 0 aliphatic carbocycles. The third-order valence-electron chi connectivity index (χ3n) is 15.8. The smallest absolute Gasteiger partial charge is 0.252 e. The van der Waals surface area contributed by atoms with E-state index >= 15 is 0 Å². The quantitative estimate of drug-likeness (QED) is 0.111. The zero-order chi connectivity index (χ0) is 47.8. The molecule has 2 heterocycles. The van der Waals surface area contributed by atoms with Crippen molar-refractivity contribution in [3.63, 3.8) is 0 Å². The molecule has 11 aromatic rings. The maximum absolute atomic E-state index is 2.57. The predicted octanol–water partition coefficient (Wildman–Crippen LogP) is 16.1. The summed E-state index contributed by atoms with van der Waals surface area (Å²) in [5, 5.41) is 4.95. The van der Waals surface area contributed by atoms with Crippen molar-refractivity contribution in [1.29, 1.82) is 0 Å². The fraction of sp³-hybridized carbons (Fsp3) is 0.0882. The topological polar surface area (TPSA) is 6.48 Å². The first kappa shape index (κ1) is 42.7. The maximum atomic E-state index is 2.57. The van der Waals surface area contributed by atoms with E-state index in [-0.39, 0.29) is 17.5 Å². The summed E-state index contributed by atoms with van der Waals surface area (Å²) < 4.78 is 0. The summed E-state index contributed by atoms with van der Waals surface area (Å²) in [6, 6.07) is 92.8. The number of hydrogen-bond donors (Lipinski definition) is 0. The standard InChI is InChI=1S/C68H53BN2/c1-67(2,48-26-12-6-13-27-48)50-38-40-58-60(44-50)70(52-30-16-8-17-31-52)62-42-47(65-56-36-22-20-34-54(56)64(46-24-10-5-11-25-46)55-35-21-23-37-57(55)65)43-63-66(62)69(58)59-41-39-51(68(3,4)49-28-14-7-15-29-49)45-61(59)71(63)53-32-18-9-19-33-53/h5-45H,1-4H3. The van der Waals surface area contributed by atoms with E-state index in [1.807, 2.05) is 0 Å². The number of nitrogens with zero attached hydrogens (tertiary/aromatic N) is 2. The van der Waals surface area contributed by atoms with Crippen molar-refractivity contribution in [2.75, 3.05) is 9.80 Å². The molecule has 0 saturated heterocycles. The van der Waals surface area contributed by atoms with Gasteiger partial charge in [-0.1, -0.05) is 228 Å². The van der Waals surface area contributed by atoms with Crippen LogP contribution in [0.25, 0.3) is 43.8 Å². The van der Waals surface area contributed by atoms with Crippen LogP contribution in [0, 0.1) is 0 Å². The lowest BCUT2D eigenvalue weighted by Crippen LogP contribution is -2.61. The van der Waals surface area contributed by atoms with Crippen molar-refractivity contribution < 1.29 is 0 Å². The first-order valence-corrected chi connectivity index (χ1v) is 25.0. The van der Waals surface area contributed by atoms with Gasteiger partial charge in [-0.2, -0.15) is 0 Å². The number of benzene rings is 11. The Balaban J connectivity index is 1.16. The van der Waals surface area contributed by atoms with Crippen molar-refractivity contribution in [1.82, 2.24) is 0 Å². The van der Waals surface area contributed by atoms with E-state index in [2.05, 4.69) is 286 Å². The van der Waals surface area contributed by atoms with Gasteiger partial charge in [0.05, 0.1) is 0 Å². The average molecular weight is 909 g/mol. The number of para-hydroxylation sites is 2. The van der Waals surface area contributed by atoms with Crippen molar-refractivity contribution in [3.8, 4) is 22.3 Å².